The zero-order valence-corrected chi connectivity index (χ0v) is 6.37. The van der Waals surface area contributed by atoms with Gasteiger partial charge in [-0.25, -0.2) is 12.2 Å². The Kier molecular flexibility index (Phi) is 4.37. The average Bonchev–Trinajstić information content (AvgIpc) is 1.72. The minimum atomic E-state index is 0. The van der Waals surface area contributed by atoms with E-state index in [2.05, 4.69) is 12.2 Å². The van der Waals surface area contributed by atoms with Gasteiger partial charge in [0.25, 0.3) is 0 Å². The van der Waals surface area contributed by atoms with Crippen molar-refractivity contribution in [2.45, 2.75) is 12.8 Å². The molecule has 0 atom stereocenters. The van der Waals surface area contributed by atoms with Gasteiger partial charge in [-0.3, -0.25) is 6.08 Å². The predicted octanol–water partition coefficient (Wildman–Crippen LogP) is 1.69. The average molecular weight is 271 g/mol. The van der Waals surface area contributed by atoms with Crippen molar-refractivity contribution in [2.75, 3.05) is 0 Å². The van der Waals surface area contributed by atoms with Crippen LogP contribution in [0.2, 0.25) is 0 Å². The van der Waals surface area contributed by atoms with Gasteiger partial charge >= 0.3 is 0 Å². The van der Waals surface area contributed by atoms with Gasteiger partial charge in [-0.05, 0) is 0 Å². The fraction of sp³-hybridized carbons (Fsp3) is 0.333. The summed E-state index contributed by atoms with van der Waals surface area (Å²) in [5, 5.41) is 0. The molecule has 0 aliphatic heterocycles. The first kappa shape index (κ1) is 7.13. The summed E-state index contributed by atoms with van der Waals surface area (Å²) in [6.07, 6.45) is 11.5. The van der Waals surface area contributed by atoms with Gasteiger partial charge in [0.1, 0.15) is 0 Å². The van der Waals surface area contributed by atoms with Crippen molar-refractivity contribution in [3.63, 3.8) is 0 Å². The first-order valence-corrected chi connectivity index (χ1v) is 2.22. The molecule has 0 aromatic rings. The van der Waals surface area contributed by atoms with E-state index >= 15 is 0 Å². The van der Waals surface area contributed by atoms with E-state index < -0.39 is 0 Å². The fourth-order valence-electron chi connectivity index (χ4n) is 0.482. The third-order valence-corrected chi connectivity index (χ3v) is 0.806. The summed E-state index contributed by atoms with van der Waals surface area (Å²) >= 11 is 0. The van der Waals surface area contributed by atoms with E-state index in [-0.39, 0.29) is 20.1 Å². The van der Waals surface area contributed by atoms with E-state index in [1.54, 1.807) is 0 Å². The van der Waals surface area contributed by atoms with Gasteiger partial charge in [0.05, 0.1) is 0 Å². The number of allylic oxidation sites excluding steroid dienone is 4. The Hall–Kier alpha value is 0.129. The van der Waals surface area contributed by atoms with Crippen LogP contribution in [-0.4, -0.2) is 0 Å². The summed E-state index contributed by atoms with van der Waals surface area (Å²) in [6, 6.07) is 0. The van der Waals surface area contributed by atoms with Crippen LogP contribution in [0.3, 0.4) is 0 Å². The monoisotopic (exact) mass is 272 g/mol. The van der Waals surface area contributed by atoms with Crippen LogP contribution in [0.5, 0.6) is 0 Å². The van der Waals surface area contributed by atoms with Gasteiger partial charge < -0.3 is 0 Å². The number of hydrogen-bond acceptors (Lipinski definition) is 0. The van der Waals surface area contributed by atoms with Crippen molar-refractivity contribution in [1.82, 2.24) is 0 Å². The molecule has 0 saturated heterocycles. The van der Waals surface area contributed by atoms with Crippen LogP contribution in [0, 0.1) is 6.08 Å². The second-order valence-electron chi connectivity index (χ2n) is 1.34. The Balaban J connectivity index is 0.000000360. The van der Waals surface area contributed by atoms with Gasteiger partial charge in [0, 0.05) is 20.1 Å². The molecule has 0 nitrogen and oxygen atoms in total. The van der Waals surface area contributed by atoms with Crippen molar-refractivity contribution >= 4 is 0 Å². The molecule has 0 unspecified atom stereocenters. The van der Waals surface area contributed by atoms with Crippen LogP contribution in [0.1, 0.15) is 12.8 Å². The summed E-state index contributed by atoms with van der Waals surface area (Å²) in [6.45, 7) is 0. The molecule has 1 aliphatic rings. The van der Waals surface area contributed by atoms with Crippen molar-refractivity contribution in [3.05, 3.63) is 24.3 Å². The quantitative estimate of drug-likeness (QED) is 0.588. The van der Waals surface area contributed by atoms with E-state index in [1.807, 2.05) is 12.2 Å². The summed E-state index contributed by atoms with van der Waals surface area (Å²) in [4.78, 5) is 0. The molecule has 0 spiro atoms. The smallest absolute Gasteiger partial charge is 0 e. The maximum absolute atomic E-state index is 3.07. The van der Waals surface area contributed by atoms with Crippen molar-refractivity contribution in [1.29, 1.82) is 0 Å². The van der Waals surface area contributed by atoms with E-state index in [0.717, 1.165) is 6.42 Å². The SMILES string of the molecule is [C-]1=CC=CCC1.[Ir]. The minimum absolute atomic E-state index is 0. The minimum Gasteiger partial charge on any atom is -0.275 e. The van der Waals surface area contributed by atoms with Crippen molar-refractivity contribution in [2.24, 2.45) is 0 Å². The van der Waals surface area contributed by atoms with E-state index in [0.29, 0.717) is 0 Å². The van der Waals surface area contributed by atoms with Gasteiger partial charge in [0.2, 0.25) is 0 Å². The van der Waals surface area contributed by atoms with Crippen LogP contribution in [-0.2, 0) is 20.1 Å². The molecule has 1 radical (unpaired) electrons. The topological polar surface area (TPSA) is 0 Å². The maximum atomic E-state index is 3.07. The Labute approximate surface area is 57.7 Å². The largest absolute Gasteiger partial charge is 0.275 e. The molecule has 1 aliphatic carbocycles. The van der Waals surface area contributed by atoms with Gasteiger partial charge in [0.15, 0.2) is 0 Å². The molecule has 0 heterocycles. The molecular weight excluding hydrogens is 264 g/mol. The maximum Gasteiger partial charge on any atom is 0 e. The molecule has 0 N–H and O–H groups in total. The number of rotatable bonds is 0. The van der Waals surface area contributed by atoms with Gasteiger partial charge in [-0.1, -0.05) is 6.42 Å². The second-order valence-corrected chi connectivity index (χ2v) is 1.34. The third kappa shape index (κ3) is 2.78. The molecule has 1 heteroatoms. The summed E-state index contributed by atoms with van der Waals surface area (Å²) in [5.41, 5.74) is 0. The molecule has 0 saturated carbocycles. The third-order valence-electron chi connectivity index (χ3n) is 0.806. The van der Waals surface area contributed by atoms with Gasteiger partial charge in [-0.15, -0.1) is 6.42 Å². The van der Waals surface area contributed by atoms with Crippen molar-refractivity contribution in [3.8, 4) is 0 Å². The predicted molar refractivity (Wildman–Crippen MR) is 26.2 cm³/mol. The van der Waals surface area contributed by atoms with Crippen molar-refractivity contribution < 1.29 is 20.1 Å². The first-order valence-electron chi connectivity index (χ1n) is 2.22. The molecule has 0 aromatic carbocycles. The molecular formula is C6H7Ir-. The van der Waals surface area contributed by atoms with Crippen LogP contribution in [0.15, 0.2) is 18.2 Å². The Morgan fingerprint density at radius 2 is 2.29 bits per heavy atom. The van der Waals surface area contributed by atoms with E-state index in [4.69, 9.17) is 0 Å². The van der Waals surface area contributed by atoms with Crippen LogP contribution in [0.4, 0.5) is 0 Å². The molecule has 1 rings (SSSR count). The van der Waals surface area contributed by atoms with Crippen LogP contribution in [0.25, 0.3) is 0 Å². The van der Waals surface area contributed by atoms with Gasteiger partial charge in [-0.2, -0.15) is 6.08 Å². The Bertz CT molecular complexity index is 70.2. The molecule has 41 valence electrons. The Morgan fingerprint density at radius 1 is 1.43 bits per heavy atom. The van der Waals surface area contributed by atoms with E-state index in [9.17, 15) is 0 Å². The summed E-state index contributed by atoms with van der Waals surface area (Å²) < 4.78 is 0. The summed E-state index contributed by atoms with van der Waals surface area (Å²) in [7, 11) is 0. The molecule has 7 heavy (non-hydrogen) atoms. The number of hydrogen-bond donors (Lipinski definition) is 0. The van der Waals surface area contributed by atoms with Crippen LogP contribution < -0.4 is 0 Å². The Morgan fingerprint density at radius 3 is 2.43 bits per heavy atom. The standard InChI is InChI=1S/C6H7.Ir/c1-2-4-6-5-3-1;/h1-3H,4,6H2;/q-1;. The summed E-state index contributed by atoms with van der Waals surface area (Å²) in [5.74, 6) is 0. The first-order chi connectivity index (χ1) is 3.00. The molecule has 0 fully saturated rings. The fourth-order valence-corrected chi connectivity index (χ4v) is 0.482. The zero-order chi connectivity index (χ0) is 4.24. The molecule has 0 bridgehead atoms. The molecule has 0 amide bonds. The second kappa shape index (κ2) is 4.29. The van der Waals surface area contributed by atoms with E-state index in [1.165, 1.54) is 6.42 Å². The zero-order valence-electron chi connectivity index (χ0n) is 3.98. The molecule has 0 aromatic heterocycles. The van der Waals surface area contributed by atoms with Crippen LogP contribution >= 0.6 is 0 Å². The normalized spacial score (nSPS) is 16.0.